The van der Waals surface area contributed by atoms with E-state index in [1.807, 2.05) is 0 Å². The second-order valence-electron chi connectivity index (χ2n) is 0.696. The van der Waals surface area contributed by atoms with Crippen molar-refractivity contribution in [2.75, 3.05) is 7.11 Å². The normalized spacial score (nSPS) is 5.67. The monoisotopic (exact) mass is 192 g/mol. The Hall–Kier alpha value is 0.340. The van der Waals surface area contributed by atoms with Crippen LogP contribution in [0, 0.1) is 0 Å². The minimum absolute atomic E-state index is 0. The molecule has 0 atom stereocenters. The van der Waals surface area contributed by atoms with Crippen molar-refractivity contribution in [3.63, 3.8) is 0 Å². The molecular weight excluding hydrogens is 183 g/mol. The molecule has 0 unspecified atom stereocenters. The summed E-state index contributed by atoms with van der Waals surface area (Å²) in [5.74, 6) is -0.245. The molecule has 0 aliphatic carbocycles. The van der Waals surface area contributed by atoms with Crippen LogP contribution in [0.3, 0.4) is 0 Å². The molecule has 0 aromatic carbocycles. The van der Waals surface area contributed by atoms with Crippen LogP contribution in [0.15, 0.2) is 0 Å². The number of carbonyl (C=O) groups excluding carboxylic acids is 1. The maximum absolute atomic E-state index is 9.59. The summed E-state index contributed by atoms with van der Waals surface area (Å²) in [6, 6.07) is 0. The first-order valence-corrected chi connectivity index (χ1v) is 1.32. The van der Waals surface area contributed by atoms with Gasteiger partial charge in [-0.25, -0.2) is 0 Å². The van der Waals surface area contributed by atoms with Crippen molar-refractivity contribution < 1.29 is 9.53 Å². The number of esters is 1. The SMILES string of the molecule is COC(C)=O.[InH3]. The summed E-state index contributed by atoms with van der Waals surface area (Å²) >= 11 is 0. The second kappa shape index (κ2) is 5.34. The van der Waals surface area contributed by atoms with Gasteiger partial charge in [-0.2, -0.15) is 0 Å². The number of hydrogen-bond donors (Lipinski definition) is 0. The Bertz CT molecular complexity index is 44.1. The van der Waals surface area contributed by atoms with E-state index in [0.717, 1.165) is 0 Å². The summed E-state index contributed by atoms with van der Waals surface area (Å²) in [5.41, 5.74) is 0. The molecule has 0 rings (SSSR count). The van der Waals surface area contributed by atoms with Gasteiger partial charge in [-0.3, -0.25) is 4.79 Å². The second-order valence-corrected chi connectivity index (χ2v) is 0.696. The van der Waals surface area contributed by atoms with Crippen molar-refractivity contribution in [1.82, 2.24) is 0 Å². The standard InChI is InChI=1S/C3H6O2.In.3H/c1-3(4)5-2;;;;/h1-2H3;;;;. The van der Waals surface area contributed by atoms with E-state index in [-0.39, 0.29) is 31.8 Å². The third-order valence-corrected chi connectivity index (χ3v) is 0.287. The molecule has 2 nitrogen and oxygen atoms in total. The van der Waals surface area contributed by atoms with Crippen LogP contribution in [0.5, 0.6) is 0 Å². The van der Waals surface area contributed by atoms with E-state index >= 15 is 0 Å². The van der Waals surface area contributed by atoms with Crippen LogP contribution in [0.25, 0.3) is 0 Å². The van der Waals surface area contributed by atoms with Crippen molar-refractivity contribution in [2.24, 2.45) is 0 Å². The van der Waals surface area contributed by atoms with Crippen LogP contribution in [-0.4, -0.2) is 38.9 Å². The molecule has 0 saturated carbocycles. The van der Waals surface area contributed by atoms with Gasteiger partial charge in [-0.05, 0) is 0 Å². The molecule has 0 heterocycles. The molecule has 0 bridgehead atoms. The average molecular weight is 192 g/mol. The Labute approximate surface area is 55.7 Å². The van der Waals surface area contributed by atoms with Gasteiger partial charge in [0.05, 0.1) is 7.11 Å². The van der Waals surface area contributed by atoms with Gasteiger partial charge in [0, 0.05) is 6.92 Å². The molecule has 6 heavy (non-hydrogen) atoms. The van der Waals surface area contributed by atoms with Gasteiger partial charge in [0.1, 0.15) is 0 Å². The molecule has 0 aromatic rings. The van der Waals surface area contributed by atoms with Gasteiger partial charge in [-0.1, -0.05) is 0 Å². The molecule has 0 aliphatic rings. The fourth-order valence-electron chi connectivity index (χ4n) is 0. The Kier molecular flexibility index (Phi) is 8.54. The Balaban J connectivity index is 0. The van der Waals surface area contributed by atoms with Crippen LogP contribution < -0.4 is 0 Å². The van der Waals surface area contributed by atoms with Crippen molar-refractivity contribution in [3.8, 4) is 0 Å². The molecule has 0 amide bonds. The Morgan fingerprint density at radius 3 is 1.83 bits per heavy atom. The van der Waals surface area contributed by atoms with E-state index in [2.05, 4.69) is 4.74 Å². The van der Waals surface area contributed by atoms with Gasteiger partial charge >= 0.3 is 31.8 Å². The van der Waals surface area contributed by atoms with Crippen LogP contribution in [0.1, 0.15) is 6.92 Å². The quantitative estimate of drug-likeness (QED) is 0.460. The summed E-state index contributed by atoms with van der Waals surface area (Å²) in [4.78, 5) is 9.59. The van der Waals surface area contributed by atoms with Crippen LogP contribution in [0.2, 0.25) is 0 Å². The maximum atomic E-state index is 9.59. The van der Waals surface area contributed by atoms with Crippen molar-refractivity contribution in [2.45, 2.75) is 6.92 Å². The number of carbonyl (C=O) groups is 1. The number of ether oxygens (including phenoxy) is 1. The van der Waals surface area contributed by atoms with E-state index in [9.17, 15) is 4.79 Å². The number of hydrogen-bond acceptors (Lipinski definition) is 2. The fraction of sp³-hybridized carbons (Fsp3) is 0.667. The summed E-state index contributed by atoms with van der Waals surface area (Å²) in [7, 11) is 1.35. The molecular formula is C3H9InO2. The third-order valence-electron chi connectivity index (χ3n) is 0.287. The van der Waals surface area contributed by atoms with E-state index in [1.54, 1.807) is 0 Å². The summed E-state index contributed by atoms with van der Waals surface area (Å²) < 4.78 is 4.11. The summed E-state index contributed by atoms with van der Waals surface area (Å²) in [6.07, 6.45) is 0. The third kappa shape index (κ3) is 8.84. The van der Waals surface area contributed by atoms with Crippen LogP contribution >= 0.6 is 0 Å². The molecule has 0 aromatic heterocycles. The zero-order valence-corrected chi connectivity index (χ0v) is 3.32. The zero-order chi connectivity index (χ0) is 4.28. The van der Waals surface area contributed by atoms with Crippen molar-refractivity contribution in [3.05, 3.63) is 0 Å². The van der Waals surface area contributed by atoms with Crippen LogP contribution in [0.4, 0.5) is 0 Å². The van der Waals surface area contributed by atoms with Crippen LogP contribution in [-0.2, 0) is 9.53 Å². The van der Waals surface area contributed by atoms with Gasteiger partial charge < -0.3 is 4.74 Å². The van der Waals surface area contributed by atoms with Gasteiger partial charge in [0.2, 0.25) is 0 Å². The molecule has 0 N–H and O–H groups in total. The first-order chi connectivity index (χ1) is 2.27. The topological polar surface area (TPSA) is 26.3 Å². The first kappa shape index (κ1) is 9.60. The predicted molar refractivity (Wildman–Crippen MR) is 27.6 cm³/mol. The van der Waals surface area contributed by atoms with E-state index in [0.29, 0.717) is 0 Å². The van der Waals surface area contributed by atoms with E-state index < -0.39 is 0 Å². The fourth-order valence-corrected chi connectivity index (χ4v) is 0. The molecule has 0 aliphatic heterocycles. The molecule has 0 spiro atoms. The van der Waals surface area contributed by atoms with Crippen molar-refractivity contribution in [1.29, 1.82) is 0 Å². The Morgan fingerprint density at radius 1 is 1.67 bits per heavy atom. The van der Waals surface area contributed by atoms with Crippen molar-refractivity contribution >= 4 is 31.8 Å². The molecule has 36 valence electrons. The van der Waals surface area contributed by atoms with Gasteiger partial charge in [0.15, 0.2) is 0 Å². The summed E-state index contributed by atoms with van der Waals surface area (Å²) in [6.45, 7) is 1.36. The average Bonchev–Trinajstić information content (AvgIpc) is 1.38. The molecule has 3 heteroatoms. The molecule has 0 radical (unpaired) electrons. The number of methoxy groups -OCH3 is 1. The molecule has 0 fully saturated rings. The van der Waals surface area contributed by atoms with Gasteiger partial charge in [0.25, 0.3) is 0 Å². The van der Waals surface area contributed by atoms with E-state index in [1.165, 1.54) is 14.0 Å². The van der Waals surface area contributed by atoms with Gasteiger partial charge in [-0.15, -0.1) is 0 Å². The molecule has 0 saturated heterocycles. The first-order valence-electron chi connectivity index (χ1n) is 1.32. The minimum atomic E-state index is -0.245. The van der Waals surface area contributed by atoms with E-state index in [4.69, 9.17) is 0 Å². The summed E-state index contributed by atoms with van der Waals surface area (Å²) in [5, 5.41) is 0. The predicted octanol–water partition coefficient (Wildman–Crippen LogP) is -1.00. The zero-order valence-electron chi connectivity index (χ0n) is 3.32. The Morgan fingerprint density at radius 2 is 1.83 bits per heavy atom. The number of rotatable bonds is 0.